The Balaban J connectivity index is 1.65. The third kappa shape index (κ3) is 4.11. The van der Waals surface area contributed by atoms with E-state index in [0.29, 0.717) is 10.9 Å². The zero-order valence-electron chi connectivity index (χ0n) is 15.8. The van der Waals surface area contributed by atoms with Gasteiger partial charge in [-0.2, -0.15) is 0 Å². The minimum absolute atomic E-state index is 0.359. The Kier molecular flexibility index (Phi) is 5.63. The molecule has 1 amide bonds. The van der Waals surface area contributed by atoms with E-state index in [-0.39, 0.29) is 6.54 Å². The summed E-state index contributed by atoms with van der Waals surface area (Å²) in [5.41, 5.74) is 1.12. The van der Waals surface area contributed by atoms with E-state index >= 15 is 0 Å². The first-order valence-corrected chi connectivity index (χ1v) is 10.1. The van der Waals surface area contributed by atoms with E-state index in [9.17, 15) is 14.4 Å². The molecule has 1 aromatic heterocycles. The molecular formula is C23H18BrN3O3. The van der Waals surface area contributed by atoms with Crippen LogP contribution in [0.5, 0.6) is 0 Å². The van der Waals surface area contributed by atoms with Crippen LogP contribution < -0.4 is 16.6 Å². The first-order chi connectivity index (χ1) is 14.5. The molecule has 1 unspecified atom stereocenters. The topological polar surface area (TPSA) is 84.0 Å². The van der Waals surface area contributed by atoms with Gasteiger partial charge >= 0.3 is 5.69 Å². The first kappa shape index (κ1) is 19.8. The summed E-state index contributed by atoms with van der Waals surface area (Å²) in [6, 6.07) is 23.5. The van der Waals surface area contributed by atoms with E-state index in [2.05, 4.69) is 26.2 Å². The van der Waals surface area contributed by atoms with Gasteiger partial charge in [0.05, 0.1) is 16.9 Å². The number of aromatic amines is 1. The molecule has 1 atom stereocenters. The van der Waals surface area contributed by atoms with Crippen molar-refractivity contribution in [3.8, 4) is 0 Å². The number of fused-ring (bicyclic) bond motifs is 1. The number of H-pyrrole nitrogens is 1. The Morgan fingerprint density at radius 3 is 2.27 bits per heavy atom. The average Bonchev–Trinajstić information content (AvgIpc) is 2.76. The number of halogens is 1. The van der Waals surface area contributed by atoms with Gasteiger partial charge in [0.15, 0.2) is 0 Å². The molecule has 4 aromatic rings. The number of nitrogens with zero attached hydrogens (tertiary/aromatic N) is 1. The predicted molar refractivity (Wildman–Crippen MR) is 119 cm³/mol. The van der Waals surface area contributed by atoms with Crippen molar-refractivity contribution >= 4 is 32.7 Å². The number of aromatic nitrogens is 2. The highest BCUT2D eigenvalue weighted by Gasteiger charge is 2.18. The largest absolute Gasteiger partial charge is 0.344 e. The molecule has 6 nitrogen and oxygen atoms in total. The van der Waals surface area contributed by atoms with Crippen LogP contribution in [0.4, 0.5) is 0 Å². The maximum Gasteiger partial charge on any atom is 0.329 e. The summed E-state index contributed by atoms with van der Waals surface area (Å²) in [5, 5.41) is 3.31. The number of carbonyl (C=O) groups is 1. The summed E-state index contributed by atoms with van der Waals surface area (Å²) < 4.78 is 1.85. The lowest BCUT2D eigenvalue weighted by Crippen LogP contribution is -2.41. The van der Waals surface area contributed by atoms with E-state index in [0.717, 1.165) is 20.2 Å². The van der Waals surface area contributed by atoms with E-state index in [1.165, 1.54) is 0 Å². The van der Waals surface area contributed by atoms with Gasteiger partial charge in [-0.25, -0.2) is 4.79 Å². The number of para-hydroxylation sites is 1. The van der Waals surface area contributed by atoms with Gasteiger partial charge in [0, 0.05) is 4.47 Å². The molecule has 0 aliphatic carbocycles. The van der Waals surface area contributed by atoms with Crippen molar-refractivity contribution in [1.82, 2.24) is 14.9 Å². The Labute approximate surface area is 180 Å². The fraction of sp³-hybridized carbons (Fsp3) is 0.0870. The van der Waals surface area contributed by atoms with Crippen molar-refractivity contribution in [2.24, 2.45) is 0 Å². The molecule has 3 aromatic carbocycles. The molecule has 0 radical (unpaired) electrons. The van der Waals surface area contributed by atoms with Crippen molar-refractivity contribution in [2.75, 3.05) is 0 Å². The summed E-state index contributed by atoms with van der Waals surface area (Å²) in [6.45, 7) is -0.376. The van der Waals surface area contributed by atoms with Crippen LogP contribution in [0.15, 0.2) is 92.9 Å². The number of rotatable bonds is 5. The third-order valence-corrected chi connectivity index (χ3v) is 5.36. The van der Waals surface area contributed by atoms with Crippen molar-refractivity contribution in [3.63, 3.8) is 0 Å². The maximum atomic E-state index is 12.8. The molecule has 0 aliphatic heterocycles. The molecule has 0 saturated carbocycles. The van der Waals surface area contributed by atoms with Crippen LogP contribution in [0, 0.1) is 0 Å². The molecule has 1 heterocycles. The van der Waals surface area contributed by atoms with E-state index in [1.54, 1.807) is 24.3 Å². The lowest BCUT2D eigenvalue weighted by molar-refractivity contribution is -0.122. The first-order valence-electron chi connectivity index (χ1n) is 9.34. The van der Waals surface area contributed by atoms with Crippen LogP contribution in [0.25, 0.3) is 10.9 Å². The van der Waals surface area contributed by atoms with Gasteiger partial charge in [-0.15, -0.1) is 0 Å². The third-order valence-electron chi connectivity index (χ3n) is 4.83. The quantitative estimate of drug-likeness (QED) is 0.475. The Morgan fingerprint density at radius 1 is 0.900 bits per heavy atom. The van der Waals surface area contributed by atoms with E-state index in [1.807, 2.05) is 54.6 Å². The van der Waals surface area contributed by atoms with Crippen molar-refractivity contribution in [1.29, 1.82) is 0 Å². The zero-order valence-corrected chi connectivity index (χ0v) is 17.4. The minimum atomic E-state index is -0.617. The second kappa shape index (κ2) is 8.51. The van der Waals surface area contributed by atoms with Gasteiger partial charge in [0.1, 0.15) is 6.54 Å². The highest BCUT2D eigenvalue weighted by molar-refractivity contribution is 9.10. The number of nitrogens with one attached hydrogen (secondary N) is 2. The van der Waals surface area contributed by atoms with Gasteiger partial charge in [0.25, 0.3) is 5.56 Å². The number of hydrogen-bond donors (Lipinski definition) is 2. The molecule has 4 rings (SSSR count). The molecule has 150 valence electrons. The second-order valence-electron chi connectivity index (χ2n) is 6.83. The molecular weight excluding hydrogens is 446 g/mol. The van der Waals surface area contributed by atoms with Crippen LogP contribution in [0.3, 0.4) is 0 Å². The molecule has 0 fully saturated rings. The normalized spacial score (nSPS) is 11.9. The van der Waals surface area contributed by atoms with Crippen molar-refractivity contribution in [3.05, 3.63) is 115 Å². The van der Waals surface area contributed by atoms with Gasteiger partial charge in [0.2, 0.25) is 5.91 Å². The Bertz CT molecular complexity index is 1310. The number of amides is 1. The maximum absolute atomic E-state index is 12.8. The summed E-state index contributed by atoms with van der Waals surface area (Å²) in [7, 11) is 0. The molecule has 0 saturated heterocycles. The number of hydrogen-bond acceptors (Lipinski definition) is 3. The molecule has 0 aliphatic rings. The summed E-state index contributed by atoms with van der Waals surface area (Å²) >= 11 is 3.42. The highest BCUT2D eigenvalue weighted by Crippen LogP contribution is 2.23. The molecule has 30 heavy (non-hydrogen) atoms. The monoisotopic (exact) mass is 463 g/mol. The second-order valence-corrected chi connectivity index (χ2v) is 7.75. The van der Waals surface area contributed by atoms with Crippen LogP contribution in [0.2, 0.25) is 0 Å². The molecule has 7 heteroatoms. The van der Waals surface area contributed by atoms with Gasteiger partial charge in [-0.05, 0) is 35.4 Å². The van der Waals surface area contributed by atoms with Crippen LogP contribution >= 0.6 is 15.9 Å². The summed E-state index contributed by atoms with van der Waals surface area (Å²) in [5.74, 6) is -0.436. The van der Waals surface area contributed by atoms with Crippen LogP contribution in [0.1, 0.15) is 17.2 Å². The van der Waals surface area contributed by atoms with E-state index < -0.39 is 23.2 Å². The van der Waals surface area contributed by atoms with Crippen molar-refractivity contribution in [2.45, 2.75) is 12.6 Å². The predicted octanol–water partition coefficient (Wildman–Crippen LogP) is 3.36. The minimum Gasteiger partial charge on any atom is -0.344 e. The van der Waals surface area contributed by atoms with E-state index in [4.69, 9.17) is 0 Å². The molecule has 2 N–H and O–H groups in total. The van der Waals surface area contributed by atoms with Crippen LogP contribution in [-0.4, -0.2) is 15.5 Å². The van der Waals surface area contributed by atoms with Gasteiger partial charge < -0.3 is 10.3 Å². The van der Waals surface area contributed by atoms with Crippen LogP contribution in [-0.2, 0) is 11.3 Å². The lowest BCUT2D eigenvalue weighted by Gasteiger charge is -2.20. The highest BCUT2D eigenvalue weighted by atomic mass is 79.9. The fourth-order valence-electron chi connectivity index (χ4n) is 3.35. The fourth-order valence-corrected chi connectivity index (χ4v) is 3.62. The Morgan fingerprint density at radius 2 is 1.53 bits per heavy atom. The Hall–Kier alpha value is -3.45. The summed E-state index contributed by atoms with van der Waals surface area (Å²) in [4.78, 5) is 40.6. The molecule has 0 spiro atoms. The summed E-state index contributed by atoms with van der Waals surface area (Å²) in [6.07, 6.45) is 0. The number of benzene rings is 3. The average molecular weight is 464 g/mol. The SMILES string of the molecule is O=C(Cn1c(=O)[nH]c2ccccc2c1=O)NC(c1ccccc1)c1ccc(Br)cc1. The smallest absolute Gasteiger partial charge is 0.329 e. The lowest BCUT2D eigenvalue weighted by atomic mass is 9.99. The van der Waals surface area contributed by atoms with Crippen molar-refractivity contribution < 1.29 is 4.79 Å². The standard InChI is InChI=1S/C23H18BrN3O3/c24-17-12-10-16(11-13-17)21(15-6-2-1-3-7-15)26-20(28)14-27-22(29)18-8-4-5-9-19(18)25-23(27)30/h1-13,21H,14H2,(H,25,30)(H,26,28). The number of carbonyl (C=O) groups excluding carboxylic acids is 1. The zero-order chi connectivity index (χ0) is 21.1. The van der Waals surface area contributed by atoms with Gasteiger partial charge in [-0.1, -0.05) is 70.5 Å². The van der Waals surface area contributed by atoms with Gasteiger partial charge in [-0.3, -0.25) is 14.2 Å². The molecule has 0 bridgehead atoms.